The van der Waals surface area contributed by atoms with Crippen molar-refractivity contribution in [2.24, 2.45) is 0 Å². The lowest BCUT2D eigenvalue weighted by atomic mass is 9.68. The van der Waals surface area contributed by atoms with Crippen LogP contribution in [0.1, 0.15) is 22.3 Å². The number of rotatable bonds is 6. The van der Waals surface area contributed by atoms with E-state index in [1.54, 1.807) is 0 Å². The molecule has 0 saturated heterocycles. The van der Waals surface area contributed by atoms with Crippen LogP contribution in [0.25, 0.3) is 78.1 Å². The van der Waals surface area contributed by atoms with Gasteiger partial charge in [-0.1, -0.05) is 183 Å². The van der Waals surface area contributed by atoms with E-state index >= 15 is 0 Å². The maximum atomic E-state index is 5.40. The first-order valence-electron chi connectivity index (χ1n) is 19.1. The van der Waals surface area contributed by atoms with Crippen LogP contribution in [-0.2, 0) is 5.41 Å². The zero-order chi connectivity index (χ0) is 37.4. The monoisotopic (exact) mass is 713 g/mol. The first kappa shape index (κ1) is 32.1. The van der Waals surface area contributed by atoms with Gasteiger partial charge < -0.3 is 0 Å². The SMILES string of the molecule is C=CC1=C(C=C)C2(c3ccccc31)c1ccccc1-c1ccc3c(c12)c1ccccc1n3-c1nc(-c2ccccc2)cc(-c2ccc(-c3ccccc3)cc2)n1. The van der Waals surface area contributed by atoms with Gasteiger partial charge in [0.1, 0.15) is 0 Å². The average molecular weight is 714 g/mol. The van der Waals surface area contributed by atoms with Gasteiger partial charge in [-0.25, -0.2) is 9.97 Å². The lowest BCUT2D eigenvalue weighted by Gasteiger charge is -2.32. The number of para-hydroxylation sites is 1. The van der Waals surface area contributed by atoms with Gasteiger partial charge in [0.05, 0.1) is 27.8 Å². The Morgan fingerprint density at radius 1 is 0.464 bits per heavy atom. The lowest BCUT2D eigenvalue weighted by Crippen LogP contribution is -2.27. The maximum Gasteiger partial charge on any atom is 0.235 e. The Bertz CT molecular complexity index is 3100. The fourth-order valence-corrected chi connectivity index (χ4v) is 9.55. The molecule has 262 valence electrons. The van der Waals surface area contributed by atoms with Gasteiger partial charge in [0, 0.05) is 21.9 Å². The van der Waals surface area contributed by atoms with Crippen molar-refractivity contribution in [3.8, 4) is 50.7 Å². The van der Waals surface area contributed by atoms with Crippen molar-refractivity contribution in [2.45, 2.75) is 5.41 Å². The van der Waals surface area contributed by atoms with Crippen LogP contribution < -0.4 is 0 Å². The highest BCUT2D eigenvalue weighted by atomic mass is 15.2. The summed E-state index contributed by atoms with van der Waals surface area (Å²) in [7, 11) is 0. The van der Waals surface area contributed by atoms with Crippen molar-refractivity contribution in [3.05, 3.63) is 229 Å². The van der Waals surface area contributed by atoms with Crippen molar-refractivity contribution < 1.29 is 0 Å². The van der Waals surface area contributed by atoms with Gasteiger partial charge >= 0.3 is 0 Å². The van der Waals surface area contributed by atoms with Crippen LogP contribution in [0.3, 0.4) is 0 Å². The van der Waals surface area contributed by atoms with Crippen molar-refractivity contribution in [1.82, 2.24) is 14.5 Å². The van der Waals surface area contributed by atoms with Crippen LogP contribution in [-0.4, -0.2) is 14.5 Å². The summed E-state index contributed by atoms with van der Waals surface area (Å²) in [6.45, 7) is 8.78. The molecule has 1 atom stereocenters. The third kappa shape index (κ3) is 4.40. The molecule has 9 aromatic rings. The van der Waals surface area contributed by atoms with Gasteiger partial charge in [-0.3, -0.25) is 4.57 Å². The molecule has 0 N–H and O–H groups in total. The first-order valence-corrected chi connectivity index (χ1v) is 19.1. The summed E-state index contributed by atoms with van der Waals surface area (Å²) in [5, 5.41) is 2.35. The standard InChI is InChI=1S/C53H35N3/c1-3-38-39-21-11-14-24-44(39)53(43(38)4-2)45-25-15-12-22-40(45)41-31-32-49-50(51(41)53)42-23-13-16-26-48(42)56(49)52-54-46(36-19-9-6-10-20-36)33-47(55-52)37-29-27-35(28-30-37)34-17-7-5-8-18-34/h3-33H,1-2H2. The Morgan fingerprint density at radius 2 is 1.02 bits per heavy atom. The molecule has 11 rings (SSSR count). The summed E-state index contributed by atoms with van der Waals surface area (Å²) in [6, 6.07) is 62.7. The van der Waals surface area contributed by atoms with E-state index in [9.17, 15) is 0 Å². The largest absolute Gasteiger partial charge is 0.278 e. The molecule has 0 fully saturated rings. The van der Waals surface area contributed by atoms with E-state index in [-0.39, 0.29) is 0 Å². The van der Waals surface area contributed by atoms with Gasteiger partial charge in [-0.15, -0.1) is 0 Å². The molecule has 2 aromatic heterocycles. The van der Waals surface area contributed by atoms with Crippen molar-refractivity contribution in [2.75, 3.05) is 0 Å². The minimum absolute atomic E-state index is 0.583. The number of benzene rings is 7. The summed E-state index contributed by atoms with van der Waals surface area (Å²) in [5.41, 5.74) is 17.4. The molecule has 0 bridgehead atoms. The maximum absolute atomic E-state index is 5.40. The number of aromatic nitrogens is 3. The van der Waals surface area contributed by atoms with Crippen LogP contribution in [0.15, 0.2) is 207 Å². The number of hydrogen-bond donors (Lipinski definition) is 0. The number of allylic oxidation sites excluding steroid dienone is 4. The molecule has 3 heteroatoms. The molecule has 0 amide bonds. The van der Waals surface area contributed by atoms with Crippen LogP contribution in [0.4, 0.5) is 0 Å². The second kappa shape index (κ2) is 12.3. The highest BCUT2D eigenvalue weighted by molar-refractivity contribution is 6.16. The number of fused-ring (bicyclic) bond motifs is 11. The smallest absolute Gasteiger partial charge is 0.235 e. The molecule has 1 unspecified atom stereocenters. The van der Waals surface area contributed by atoms with Crippen molar-refractivity contribution in [3.63, 3.8) is 0 Å². The highest BCUT2D eigenvalue weighted by Gasteiger charge is 2.53. The average Bonchev–Trinajstić information content (AvgIpc) is 3.88. The molecular formula is C53H35N3. The Morgan fingerprint density at radius 3 is 1.71 bits per heavy atom. The van der Waals surface area contributed by atoms with E-state index in [0.717, 1.165) is 50.1 Å². The lowest BCUT2D eigenvalue weighted by molar-refractivity contribution is 0.794. The number of nitrogens with zero attached hydrogens (tertiary/aromatic N) is 3. The molecule has 56 heavy (non-hydrogen) atoms. The number of hydrogen-bond acceptors (Lipinski definition) is 2. The van der Waals surface area contributed by atoms with E-state index in [4.69, 9.17) is 9.97 Å². The van der Waals surface area contributed by atoms with Crippen molar-refractivity contribution >= 4 is 27.4 Å². The topological polar surface area (TPSA) is 30.7 Å². The molecule has 2 aliphatic carbocycles. The molecular weight excluding hydrogens is 679 g/mol. The van der Waals surface area contributed by atoms with Crippen LogP contribution in [0, 0.1) is 0 Å². The predicted molar refractivity (Wildman–Crippen MR) is 232 cm³/mol. The zero-order valence-corrected chi connectivity index (χ0v) is 30.7. The molecule has 3 nitrogen and oxygen atoms in total. The summed E-state index contributed by atoms with van der Waals surface area (Å²) in [4.78, 5) is 10.8. The molecule has 2 aliphatic rings. The minimum atomic E-state index is -0.583. The Kier molecular flexibility index (Phi) is 7.07. The van der Waals surface area contributed by atoms with E-state index < -0.39 is 5.41 Å². The second-order valence-electron chi connectivity index (χ2n) is 14.6. The van der Waals surface area contributed by atoms with Gasteiger partial charge in [0.15, 0.2) is 0 Å². The van der Waals surface area contributed by atoms with E-state index in [0.29, 0.717) is 5.95 Å². The zero-order valence-electron chi connectivity index (χ0n) is 30.7. The van der Waals surface area contributed by atoms with Crippen LogP contribution >= 0.6 is 0 Å². The summed E-state index contributed by atoms with van der Waals surface area (Å²) >= 11 is 0. The van der Waals surface area contributed by atoms with Gasteiger partial charge in [0.2, 0.25) is 5.95 Å². The fourth-order valence-electron chi connectivity index (χ4n) is 9.55. The van der Waals surface area contributed by atoms with Gasteiger partial charge in [-0.05, 0) is 73.9 Å². The minimum Gasteiger partial charge on any atom is -0.278 e. The third-order valence-electron chi connectivity index (χ3n) is 11.8. The normalized spacial score (nSPS) is 15.3. The summed E-state index contributed by atoms with van der Waals surface area (Å²) in [5.74, 6) is 0.627. The Hall–Kier alpha value is -7.36. The Labute approximate surface area is 325 Å². The molecule has 7 aromatic carbocycles. The van der Waals surface area contributed by atoms with E-state index in [1.807, 2.05) is 18.2 Å². The third-order valence-corrected chi connectivity index (χ3v) is 11.8. The Balaban J connectivity index is 1.22. The summed E-state index contributed by atoms with van der Waals surface area (Å²) in [6.07, 6.45) is 4.06. The van der Waals surface area contributed by atoms with Crippen molar-refractivity contribution in [1.29, 1.82) is 0 Å². The van der Waals surface area contributed by atoms with Crippen LogP contribution in [0.2, 0.25) is 0 Å². The fraction of sp³-hybridized carbons (Fsp3) is 0.0189. The quantitative estimate of drug-likeness (QED) is 0.172. The predicted octanol–water partition coefficient (Wildman–Crippen LogP) is 13.0. The molecule has 0 radical (unpaired) electrons. The molecule has 0 saturated carbocycles. The highest BCUT2D eigenvalue weighted by Crippen LogP contribution is 2.64. The first-order chi connectivity index (χ1) is 27.7. The van der Waals surface area contributed by atoms with Gasteiger partial charge in [-0.2, -0.15) is 0 Å². The summed E-state index contributed by atoms with van der Waals surface area (Å²) < 4.78 is 2.27. The van der Waals surface area contributed by atoms with Crippen LogP contribution in [0.5, 0.6) is 0 Å². The molecule has 2 heterocycles. The van der Waals surface area contributed by atoms with E-state index in [1.165, 1.54) is 49.9 Å². The second-order valence-corrected chi connectivity index (χ2v) is 14.6. The van der Waals surface area contributed by atoms with Gasteiger partial charge in [0.25, 0.3) is 0 Å². The molecule has 0 aliphatic heterocycles. The van der Waals surface area contributed by atoms with E-state index in [2.05, 4.69) is 188 Å². The molecule has 1 spiro atoms.